The van der Waals surface area contributed by atoms with E-state index in [0.29, 0.717) is 11.3 Å². The number of aliphatic carboxylic acids is 1. The van der Waals surface area contributed by atoms with Crippen LogP contribution < -0.4 is 10.5 Å². The highest BCUT2D eigenvalue weighted by Gasteiger charge is 2.42. The molecule has 0 aliphatic carbocycles. The third-order valence-corrected chi connectivity index (χ3v) is 2.38. The Kier molecular flexibility index (Phi) is 3.69. The van der Waals surface area contributed by atoms with Gasteiger partial charge in [-0.2, -0.15) is 0 Å². The average molecular weight is 239 g/mol. The predicted molar refractivity (Wildman–Crippen MR) is 58.5 cm³/mol. The summed E-state index contributed by atoms with van der Waals surface area (Å²) in [7, 11) is 1.49. The molecule has 1 rings (SSSR count). The van der Waals surface area contributed by atoms with Crippen LogP contribution in [0, 0.1) is 0 Å². The van der Waals surface area contributed by atoms with Gasteiger partial charge >= 0.3 is 5.97 Å². The number of nitrogens with two attached hydrogens (primary N) is 1. The maximum absolute atomic E-state index is 11.0. The van der Waals surface area contributed by atoms with Gasteiger partial charge in [0, 0.05) is 6.42 Å². The molecule has 0 fully saturated rings. The fraction of sp³-hybridized carbons (Fsp3) is 0.273. The number of amides is 1. The number of rotatable bonds is 5. The minimum atomic E-state index is -2.59. The number of carboxylic acids is 1. The van der Waals surface area contributed by atoms with Crippen LogP contribution in [0.4, 0.5) is 0 Å². The Morgan fingerprint density at radius 1 is 1.35 bits per heavy atom. The molecule has 1 aromatic rings. The van der Waals surface area contributed by atoms with Gasteiger partial charge in [0.15, 0.2) is 0 Å². The van der Waals surface area contributed by atoms with E-state index in [1.807, 2.05) is 0 Å². The summed E-state index contributed by atoms with van der Waals surface area (Å²) < 4.78 is 4.92. The van der Waals surface area contributed by atoms with Crippen LogP contribution in [0.1, 0.15) is 5.56 Å². The number of aliphatic hydroxyl groups is 1. The van der Waals surface area contributed by atoms with Crippen LogP contribution in [0.15, 0.2) is 24.3 Å². The molecule has 0 aliphatic heterocycles. The summed E-state index contributed by atoms with van der Waals surface area (Å²) in [6.45, 7) is 0. The molecule has 0 bridgehead atoms. The van der Waals surface area contributed by atoms with Crippen molar-refractivity contribution in [2.24, 2.45) is 5.73 Å². The molecule has 0 aliphatic rings. The van der Waals surface area contributed by atoms with Crippen molar-refractivity contribution in [3.8, 4) is 5.75 Å². The molecule has 0 heterocycles. The van der Waals surface area contributed by atoms with Gasteiger partial charge in [-0.1, -0.05) is 12.1 Å². The van der Waals surface area contributed by atoms with Crippen molar-refractivity contribution in [3.05, 3.63) is 29.8 Å². The van der Waals surface area contributed by atoms with Gasteiger partial charge in [0.1, 0.15) is 5.75 Å². The van der Waals surface area contributed by atoms with Gasteiger partial charge in [-0.25, -0.2) is 4.79 Å². The fourth-order valence-corrected chi connectivity index (χ4v) is 1.31. The van der Waals surface area contributed by atoms with E-state index in [9.17, 15) is 14.7 Å². The molecule has 6 nitrogen and oxygen atoms in total. The first-order valence-corrected chi connectivity index (χ1v) is 4.78. The molecule has 0 aromatic heterocycles. The van der Waals surface area contributed by atoms with Crippen molar-refractivity contribution in [2.45, 2.75) is 12.0 Å². The Morgan fingerprint density at radius 2 is 1.88 bits per heavy atom. The lowest BCUT2D eigenvalue weighted by atomic mass is 9.94. The number of carbonyl (C=O) groups is 2. The normalized spacial score (nSPS) is 13.8. The van der Waals surface area contributed by atoms with E-state index < -0.39 is 17.5 Å². The SMILES string of the molecule is COc1ccc(CC(O)(C(N)=O)C(=O)O)cc1. The second-order valence-electron chi connectivity index (χ2n) is 3.55. The summed E-state index contributed by atoms with van der Waals surface area (Å²) in [5.74, 6) is -2.37. The van der Waals surface area contributed by atoms with E-state index in [-0.39, 0.29) is 6.42 Å². The van der Waals surface area contributed by atoms with E-state index >= 15 is 0 Å². The summed E-state index contributed by atoms with van der Waals surface area (Å²) in [6.07, 6.45) is -0.387. The van der Waals surface area contributed by atoms with Gasteiger partial charge in [-0.15, -0.1) is 0 Å². The van der Waals surface area contributed by atoms with E-state index in [0.717, 1.165) is 0 Å². The van der Waals surface area contributed by atoms with Gasteiger partial charge in [-0.3, -0.25) is 4.79 Å². The molecule has 6 heteroatoms. The van der Waals surface area contributed by atoms with Crippen molar-refractivity contribution in [1.29, 1.82) is 0 Å². The number of hydrogen-bond acceptors (Lipinski definition) is 4. The largest absolute Gasteiger partial charge is 0.497 e. The zero-order valence-electron chi connectivity index (χ0n) is 9.21. The summed E-state index contributed by atoms with van der Waals surface area (Å²) in [5, 5.41) is 18.4. The molecular formula is C11H13NO5. The van der Waals surface area contributed by atoms with Gasteiger partial charge in [0.05, 0.1) is 7.11 Å². The second-order valence-corrected chi connectivity index (χ2v) is 3.55. The molecule has 0 saturated heterocycles. The average Bonchev–Trinajstić information content (AvgIpc) is 2.29. The number of primary amides is 1. The first-order valence-electron chi connectivity index (χ1n) is 4.78. The molecule has 1 unspecified atom stereocenters. The van der Waals surface area contributed by atoms with Crippen LogP contribution in [0.25, 0.3) is 0 Å². The summed E-state index contributed by atoms with van der Waals surface area (Å²) >= 11 is 0. The van der Waals surface area contributed by atoms with Gasteiger partial charge < -0.3 is 20.7 Å². The van der Waals surface area contributed by atoms with Gasteiger partial charge in [0.25, 0.3) is 5.91 Å². The van der Waals surface area contributed by atoms with Crippen LogP contribution in [0.3, 0.4) is 0 Å². The lowest BCUT2D eigenvalue weighted by Crippen LogP contribution is -2.52. The lowest BCUT2D eigenvalue weighted by Gasteiger charge is -2.19. The van der Waals surface area contributed by atoms with Crippen LogP contribution in [0.5, 0.6) is 5.75 Å². The molecule has 4 N–H and O–H groups in total. The summed E-state index contributed by atoms with van der Waals surface area (Å²) in [6, 6.07) is 6.29. The molecular weight excluding hydrogens is 226 g/mol. The number of carboxylic acid groups (broad SMARTS) is 1. The Morgan fingerprint density at radius 3 is 2.24 bits per heavy atom. The van der Waals surface area contributed by atoms with Gasteiger partial charge in [0.2, 0.25) is 5.60 Å². The Hall–Kier alpha value is -2.08. The topological polar surface area (TPSA) is 110 Å². The van der Waals surface area contributed by atoms with Crippen molar-refractivity contribution >= 4 is 11.9 Å². The Labute approximate surface area is 97.6 Å². The highest BCUT2D eigenvalue weighted by molar-refractivity contribution is 6.04. The van der Waals surface area contributed by atoms with Crippen molar-refractivity contribution in [3.63, 3.8) is 0 Å². The van der Waals surface area contributed by atoms with Crippen LogP contribution in [-0.4, -0.2) is 34.8 Å². The first kappa shape index (κ1) is 13.0. The molecule has 1 atom stereocenters. The van der Waals surface area contributed by atoms with Crippen LogP contribution in [0.2, 0.25) is 0 Å². The minimum Gasteiger partial charge on any atom is -0.497 e. The number of benzene rings is 1. The standard InChI is InChI=1S/C11H13NO5/c1-17-8-4-2-7(3-5-8)6-11(16,9(12)13)10(14)15/h2-5,16H,6H2,1H3,(H2,12,13)(H,14,15). The molecule has 1 amide bonds. The highest BCUT2D eigenvalue weighted by Crippen LogP contribution is 2.17. The number of ether oxygens (including phenoxy) is 1. The molecule has 92 valence electrons. The zero-order chi connectivity index (χ0) is 13.1. The smallest absolute Gasteiger partial charge is 0.346 e. The molecule has 0 spiro atoms. The van der Waals surface area contributed by atoms with Crippen molar-refractivity contribution < 1.29 is 24.5 Å². The number of methoxy groups -OCH3 is 1. The van der Waals surface area contributed by atoms with Crippen LogP contribution >= 0.6 is 0 Å². The van der Waals surface area contributed by atoms with Gasteiger partial charge in [-0.05, 0) is 17.7 Å². The molecule has 0 radical (unpaired) electrons. The second kappa shape index (κ2) is 4.84. The monoisotopic (exact) mass is 239 g/mol. The Balaban J connectivity index is 2.94. The number of carbonyl (C=O) groups excluding carboxylic acids is 1. The zero-order valence-corrected chi connectivity index (χ0v) is 9.21. The lowest BCUT2D eigenvalue weighted by molar-refractivity contribution is -0.164. The van der Waals surface area contributed by atoms with Crippen molar-refractivity contribution in [2.75, 3.05) is 7.11 Å². The Bertz CT molecular complexity index is 412. The summed E-state index contributed by atoms with van der Waals surface area (Å²) in [4.78, 5) is 21.8. The van der Waals surface area contributed by atoms with E-state index in [1.165, 1.54) is 7.11 Å². The van der Waals surface area contributed by atoms with E-state index in [1.54, 1.807) is 24.3 Å². The summed E-state index contributed by atoms with van der Waals surface area (Å²) in [5.41, 5.74) is 2.76. The molecule has 0 saturated carbocycles. The van der Waals surface area contributed by atoms with E-state index in [2.05, 4.69) is 0 Å². The first-order chi connectivity index (χ1) is 7.90. The van der Waals surface area contributed by atoms with Crippen molar-refractivity contribution in [1.82, 2.24) is 0 Å². The quantitative estimate of drug-likeness (QED) is 0.602. The molecule has 17 heavy (non-hydrogen) atoms. The third-order valence-electron chi connectivity index (χ3n) is 2.38. The molecule has 1 aromatic carbocycles. The third kappa shape index (κ3) is 2.73. The highest BCUT2D eigenvalue weighted by atomic mass is 16.5. The van der Waals surface area contributed by atoms with E-state index in [4.69, 9.17) is 15.6 Å². The fourth-order valence-electron chi connectivity index (χ4n) is 1.31. The minimum absolute atomic E-state index is 0.387. The maximum atomic E-state index is 11.0. The van der Waals surface area contributed by atoms with Crippen LogP contribution in [-0.2, 0) is 16.0 Å². The predicted octanol–water partition coefficient (Wildman–Crippen LogP) is -0.461. The maximum Gasteiger partial charge on any atom is 0.346 e. The number of hydrogen-bond donors (Lipinski definition) is 3.